The van der Waals surface area contributed by atoms with Gasteiger partial charge < -0.3 is 20.4 Å². The van der Waals surface area contributed by atoms with Gasteiger partial charge in [-0.2, -0.15) is 0 Å². The highest BCUT2D eigenvalue weighted by molar-refractivity contribution is 6.33. The van der Waals surface area contributed by atoms with Gasteiger partial charge in [0.1, 0.15) is 33.4 Å². The Labute approximate surface area is 223 Å². The summed E-state index contributed by atoms with van der Waals surface area (Å²) < 4.78 is 0. The third-order valence-corrected chi connectivity index (χ3v) is 5.73. The average molecular weight is 552 g/mol. The van der Waals surface area contributed by atoms with E-state index in [0.717, 1.165) is 71.3 Å². The number of anilines is 1. The quantitative estimate of drug-likeness (QED) is 0.476. The molecular formula is C22H37Cl3N8O2. The first-order chi connectivity index (χ1) is 16.4. The molecule has 0 spiro atoms. The summed E-state index contributed by atoms with van der Waals surface area (Å²) in [5.41, 5.74) is 0. The van der Waals surface area contributed by atoms with E-state index in [2.05, 4.69) is 40.0 Å². The SMILES string of the molecule is C.Cc1nc(Cl)cc(Cl)n1.OCCN1CCN(c2cc(Cl)ncn2)CC1.OCCN1CCNCC1. The highest BCUT2D eigenvalue weighted by atomic mass is 35.5. The first-order valence-electron chi connectivity index (χ1n) is 11.2. The molecule has 3 N–H and O–H groups in total. The third-order valence-electron chi connectivity index (χ3n) is 5.13. The van der Waals surface area contributed by atoms with Crippen LogP contribution in [0, 0.1) is 6.92 Å². The fourth-order valence-corrected chi connectivity index (χ4v) is 4.06. The lowest BCUT2D eigenvalue weighted by molar-refractivity contribution is 0.180. The minimum absolute atomic E-state index is 0. The maximum absolute atomic E-state index is 8.84. The van der Waals surface area contributed by atoms with Crippen molar-refractivity contribution in [2.24, 2.45) is 0 Å². The maximum atomic E-state index is 8.84. The Morgan fingerprint density at radius 2 is 1.34 bits per heavy atom. The van der Waals surface area contributed by atoms with Crippen molar-refractivity contribution >= 4 is 40.6 Å². The molecule has 0 aliphatic carbocycles. The highest BCUT2D eigenvalue weighted by Gasteiger charge is 2.17. The molecule has 35 heavy (non-hydrogen) atoms. The van der Waals surface area contributed by atoms with E-state index >= 15 is 0 Å². The monoisotopic (exact) mass is 550 g/mol. The van der Waals surface area contributed by atoms with Gasteiger partial charge in [-0.05, 0) is 6.92 Å². The molecule has 0 radical (unpaired) electrons. The molecule has 198 valence electrons. The lowest BCUT2D eigenvalue weighted by atomic mass is 10.3. The van der Waals surface area contributed by atoms with Gasteiger partial charge in [-0.3, -0.25) is 9.80 Å². The minimum Gasteiger partial charge on any atom is -0.395 e. The summed E-state index contributed by atoms with van der Waals surface area (Å²) in [6.07, 6.45) is 1.48. The standard InChI is InChI=1S/C10H15ClN4O.C6H14N2O.C5H4Cl2N2.CH4/c11-9-7-10(13-8-12-9)15-3-1-14(2-4-15)5-6-16;9-6-5-8-3-1-7-2-4-8;1-3-8-4(6)2-5(7)9-3;/h7-8,16H,1-6H2;7,9H,1-6H2;2H,1H3;1H4. The Bertz CT molecular complexity index is 785. The number of aliphatic hydroxyl groups is 2. The van der Waals surface area contributed by atoms with Crippen molar-refractivity contribution in [2.75, 3.05) is 83.6 Å². The molecule has 4 rings (SSSR count). The van der Waals surface area contributed by atoms with Crippen LogP contribution in [0.5, 0.6) is 0 Å². The molecule has 2 aromatic rings. The fourth-order valence-electron chi connectivity index (χ4n) is 3.41. The zero-order chi connectivity index (χ0) is 24.8. The van der Waals surface area contributed by atoms with E-state index in [1.807, 2.05) is 0 Å². The summed E-state index contributed by atoms with van der Waals surface area (Å²) >= 11 is 16.9. The van der Waals surface area contributed by atoms with Crippen LogP contribution in [0.2, 0.25) is 15.5 Å². The van der Waals surface area contributed by atoms with E-state index in [9.17, 15) is 0 Å². The number of nitrogens with one attached hydrogen (secondary N) is 1. The average Bonchev–Trinajstić information content (AvgIpc) is 2.81. The van der Waals surface area contributed by atoms with E-state index in [1.165, 1.54) is 12.4 Å². The predicted octanol–water partition coefficient (Wildman–Crippen LogP) is 1.86. The van der Waals surface area contributed by atoms with Gasteiger partial charge in [0.05, 0.1) is 13.2 Å². The molecule has 2 aliphatic rings. The van der Waals surface area contributed by atoms with Gasteiger partial charge in [0.15, 0.2) is 0 Å². The molecule has 0 unspecified atom stereocenters. The smallest absolute Gasteiger partial charge is 0.134 e. The fraction of sp³-hybridized carbons (Fsp3) is 0.636. The van der Waals surface area contributed by atoms with Crippen molar-refractivity contribution in [3.8, 4) is 0 Å². The second-order valence-corrected chi connectivity index (χ2v) is 8.79. The van der Waals surface area contributed by atoms with Crippen LogP contribution in [-0.4, -0.2) is 119 Å². The van der Waals surface area contributed by atoms with E-state index in [0.29, 0.717) is 27.9 Å². The van der Waals surface area contributed by atoms with Gasteiger partial charge in [-0.1, -0.05) is 42.2 Å². The van der Waals surface area contributed by atoms with Crippen molar-refractivity contribution in [1.29, 1.82) is 0 Å². The Balaban J connectivity index is 0.000000278. The normalized spacial score (nSPS) is 16.3. The molecule has 0 aromatic carbocycles. The summed E-state index contributed by atoms with van der Waals surface area (Å²) in [7, 11) is 0. The molecule has 0 bridgehead atoms. The van der Waals surface area contributed by atoms with Crippen LogP contribution >= 0.6 is 34.8 Å². The van der Waals surface area contributed by atoms with Gasteiger partial charge in [0.2, 0.25) is 0 Å². The molecule has 13 heteroatoms. The molecule has 2 aromatic heterocycles. The number of aromatic nitrogens is 4. The van der Waals surface area contributed by atoms with Crippen molar-refractivity contribution in [3.05, 3.63) is 39.7 Å². The van der Waals surface area contributed by atoms with Gasteiger partial charge >= 0.3 is 0 Å². The summed E-state index contributed by atoms with van der Waals surface area (Å²) in [5.74, 6) is 1.47. The molecule has 0 amide bonds. The first-order valence-corrected chi connectivity index (χ1v) is 12.3. The number of β-amino-alcohol motifs (C(OH)–C–C–N with tert-alkyl or cyclic N) is 2. The van der Waals surface area contributed by atoms with Crippen LogP contribution in [-0.2, 0) is 0 Å². The summed E-state index contributed by atoms with van der Waals surface area (Å²) in [6, 6.07) is 3.28. The highest BCUT2D eigenvalue weighted by Crippen LogP contribution is 2.16. The maximum Gasteiger partial charge on any atom is 0.134 e. The van der Waals surface area contributed by atoms with Crippen molar-refractivity contribution < 1.29 is 10.2 Å². The largest absolute Gasteiger partial charge is 0.395 e. The molecule has 2 aliphatic heterocycles. The van der Waals surface area contributed by atoms with Crippen LogP contribution in [0.15, 0.2) is 18.5 Å². The second-order valence-electron chi connectivity index (χ2n) is 7.63. The second kappa shape index (κ2) is 18.0. The lowest BCUT2D eigenvalue weighted by Crippen LogP contribution is -2.47. The molecular weight excluding hydrogens is 515 g/mol. The molecule has 10 nitrogen and oxygen atoms in total. The van der Waals surface area contributed by atoms with E-state index < -0.39 is 0 Å². The molecule has 2 saturated heterocycles. The Morgan fingerprint density at radius 1 is 0.800 bits per heavy atom. The minimum atomic E-state index is 0. The van der Waals surface area contributed by atoms with Crippen molar-refractivity contribution in [2.45, 2.75) is 14.4 Å². The van der Waals surface area contributed by atoms with Crippen LogP contribution in [0.25, 0.3) is 0 Å². The van der Waals surface area contributed by atoms with Crippen molar-refractivity contribution in [1.82, 2.24) is 35.1 Å². The van der Waals surface area contributed by atoms with Gasteiger partial charge in [0, 0.05) is 77.6 Å². The van der Waals surface area contributed by atoms with Crippen LogP contribution in [0.3, 0.4) is 0 Å². The van der Waals surface area contributed by atoms with Crippen LogP contribution in [0.1, 0.15) is 13.3 Å². The summed E-state index contributed by atoms with van der Waals surface area (Å²) in [6.45, 7) is 11.9. The molecule has 4 heterocycles. The summed E-state index contributed by atoms with van der Waals surface area (Å²) in [4.78, 5) is 22.3. The number of piperazine rings is 2. The zero-order valence-electron chi connectivity index (χ0n) is 19.4. The van der Waals surface area contributed by atoms with Gasteiger partial charge in [-0.25, -0.2) is 19.9 Å². The predicted molar refractivity (Wildman–Crippen MR) is 143 cm³/mol. The Hall–Kier alpha value is -1.37. The zero-order valence-corrected chi connectivity index (χ0v) is 21.6. The lowest BCUT2D eigenvalue weighted by Gasteiger charge is -2.34. The van der Waals surface area contributed by atoms with E-state index in [-0.39, 0.29) is 14.0 Å². The van der Waals surface area contributed by atoms with Crippen LogP contribution in [0.4, 0.5) is 5.82 Å². The number of hydrogen-bond acceptors (Lipinski definition) is 10. The molecule has 0 atom stereocenters. The third kappa shape index (κ3) is 12.9. The summed E-state index contributed by atoms with van der Waals surface area (Å²) in [5, 5.41) is 21.9. The van der Waals surface area contributed by atoms with E-state index in [1.54, 1.807) is 13.0 Å². The topological polar surface area (TPSA) is 114 Å². The van der Waals surface area contributed by atoms with Crippen molar-refractivity contribution in [3.63, 3.8) is 0 Å². The first kappa shape index (κ1) is 31.7. The van der Waals surface area contributed by atoms with Gasteiger partial charge in [0.25, 0.3) is 0 Å². The van der Waals surface area contributed by atoms with Crippen LogP contribution < -0.4 is 10.2 Å². The van der Waals surface area contributed by atoms with Gasteiger partial charge in [-0.15, -0.1) is 0 Å². The number of hydrogen-bond donors (Lipinski definition) is 3. The number of nitrogens with zero attached hydrogens (tertiary/aromatic N) is 7. The number of aryl methyl sites for hydroxylation is 1. The number of aliphatic hydroxyl groups excluding tert-OH is 2. The number of halogens is 3. The number of rotatable bonds is 5. The Morgan fingerprint density at radius 3 is 1.83 bits per heavy atom. The van der Waals surface area contributed by atoms with E-state index in [4.69, 9.17) is 45.0 Å². The molecule has 2 fully saturated rings. The molecule has 0 saturated carbocycles. The Kier molecular flexibility index (Phi) is 16.2.